The van der Waals surface area contributed by atoms with Crippen LogP contribution < -0.4 is 11.1 Å². The van der Waals surface area contributed by atoms with Gasteiger partial charge in [-0.1, -0.05) is 18.2 Å². The highest BCUT2D eigenvalue weighted by molar-refractivity contribution is 7.91. The predicted octanol–water partition coefficient (Wildman–Crippen LogP) is 2.01. The molecule has 0 aliphatic carbocycles. The summed E-state index contributed by atoms with van der Waals surface area (Å²) in [6.45, 7) is 2.95. The number of sulfone groups is 1. The van der Waals surface area contributed by atoms with Gasteiger partial charge in [0.1, 0.15) is 0 Å². The molecule has 0 saturated heterocycles. The van der Waals surface area contributed by atoms with Gasteiger partial charge in [-0.3, -0.25) is 9.59 Å². The summed E-state index contributed by atoms with van der Waals surface area (Å²) in [7, 11) is -3.75. The van der Waals surface area contributed by atoms with Crippen LogP contribution in [0.4, 0.5) is 5.69 Å². The molecular formula is C17H18N2O4S. The predicted molar refractivity (Wildman–Crippen MR) is 90.6 cm³/mol. The minimum atomic E-state index is -3.75. The molecule has 24 heavy (non-hydrogen) atoms. The van der Waals surface area contributed by atoms with Gasteiger partial charge in [-0.2, -0.15) is 0 Å². The third kappa shape index (κ3) is 3.87. The summed E-state index contributed by atoms with van der Waals surface area (Å²) < 4.78 is 25.3. The Kier molecular flexibility index (Phi) is 5.16. The van der Waals surface area contributed by atoms with Crippen LogP contribution in [0.25, 0.3) is 0 Å². The first-order valence-electron chi connectivity index (χ1n) is 7.24. The Bertz CT molecular complexity index is 872. The lowest BCUT2D eigenvalue weighted by atomic mass is 10.2. The van der Waals surface area contributed by atoms with Crippen molar-refractivity contribution >= 4 is 27.2 Å². The van der Waals surface area contributed by atoms with Crippen molar-refractivity contribution in [2.45, 2.75) is 29.7 Å². The van der Waals surface area contributed by atoms with Crippen LogP contribution in [0.2, 0.25) is 0 Å². The Balaban J connectivity index is 2.35. The Morgan fingerprint density at radius 3 is 2.21 bits per heavy atom. The number of ketones is 1. The first-order chi connectivity index (χ1) is 11.2. The van der Waals surface area contributed by atoms with Gasteiger partial charge in [0.25, 0.3) is 0 Å². The number of benzene rings is 2. The van der Waals surface area contributed by atoms with Gasteiger partial charge in [-0.05, 0) is 44.2 Å². The van der Waals surface area contributed by atoms with E-state index in [0.717, 1.165) is 0 Å². The van der Waals surface area contributed by atoms with Crippen LogP contribution in [0.5, 0.6) is 0 Å². The average molecular weight is 346 g/mol. The highest BCUT2D eigenvalue weighted by Gasteiger charge is 2.19. The number of carbonyl (C=O) groups excluding carboxylic acids is 2. The maximum Gasteiger partial charge on any atom is 0.240 e. The van der Waals surface area contributed by atoms with E-state index in [9.17, 15) is 18.0 Å². The van der Waals surface area contributed by atoms with Crippen LogP contribution in [-0.4, -0.2) is 26.2 Å². The summed E-state index contributed by atoms with van der Waals surface area (Å²) in [6.07, 6.45) is 0. The van der Waals surface area contributed by atoms with E-state index in [1.54, 1.807) is 6.07 Å². The third-order valence-electron chi connectivity index (χ3n) is 3.40. The first kappa shape index (κ1) is 17.8. The molecule has 0 fully saturated rings. The zero-order valence-electron chi connectivity index (χ0n) is 13.3. The summed E-state index contributed by atoms with van der Waals surface area (Å²) >= 11 is 0. The summed E-state index contributed by atoms with van der Waals surface area (Å²) in [6, 6.07) is 10.9. The summed E-state index contributed by atoms with van der Waals surface area (Å²) in [5.41, 5.74) is 6.26. The molecule has 2 rings (SSSR count). The molecule has 0 saturated carbocycles. The lowest BCUT2D eigenvalue weighted by molar-refractivity contribution is -0.117. The minimum absolute atomic E-state index is 0.0422. The van der Waals surface area contributed by atoms with Crippen LogP contribution in [0, 0.1) is 0 Å². The second-order valence-electron chi connectivity index (χ2n) is 5.39. The molecule has 0 heterocycles. The molecule has 2 aromatic carbocycles. The molecule has 0 aliphatic heterocycles. The Morgan fingerprint density at radius 2 is 1.67 bits per heavy atom. The van der Waals surface area contributed by atoms with E-state index < -0.39 is 21.8 Å². The SMILES string of the molecule is CC(=O)c1ccc(S(=O)(=O)c2cccc(NC(=O)C(C)N)c2)cc1. The fourth-order valence-corrected chi connectivity index (χ4v) is 3.31. The first-order valence-corrected chi connectivity index (χ1v) is 8.73. The quantitative estimate of drug-likeness (QED) is 0.806. The van der Waals surface area contributed by atoms with Crippen LogP contribution >= 0.6 is 0 Å². The van der Waals surface area contributed by atoms with Gasteiger partial charge in [0.2, 0.25) is 15.7 Å². The topological polar surface area (TPSA) is 106 Å². The van der Waals surface area contributed by atoms with Crippen LogP contribution in [0.1, 0.15) is 24.2 Å². The van der Waals surface area contributed by atoms with Crippen LogP contribution in [0.15, 0.2) is 58.3 Å². The second kappa shape index (κ2) is 6.94. The second-order valence-corrected chi connectivity index (χ2v) is 7.34. The zero-order chi connectivity index (χ0) is 17.9. The summed E-state index contributed by atoms with van der Waals surface area (Å²) in [4.78, 5) is 23.0. The molecule has 0 bridgehead atoms. The van der Waals surface area contributed by atoms with E-state index in [1.165, 1.54) is 56.3 Å². The number of hydrogen-bond donors (Lipinski definition) is 2. The van der Waals surface area contributed by atoms with Crippen LogP contribution in [0.3, 0.4) is 0 Å². The number of rotatable bonds is 5. The fourth-order valence-electron chi connectivity index (χ4n) is 2.00. The van der Waals surface area contributed by atoms with Crippen molar-refractivity contribution in [2.24, 2.45) is 5.73 Å². The molecule has 0 radical (unpaired) electrons. The Hall–Kier alpha value is -2.51. The van der Waals surface area contributed by atoms with Crippen molar-refractivity contribution in [3.8, 4) is 0 Å². The van der Waals surface area contributed by atoms with E-state index in [0.29, 0.717) is 11.3 Å². The van der Waals surface area contributed by atoms with Gasteiger partial charge in [0.15, 0.2) is 5.78 Å². The lowest BCUT2D eigenvalue weighted by Gasteiger charge is -2.10. The maximum absolute atomic E-state index is 12.7. The van der Waals surface area contributed by atoms with E-state index in [4.69, 9.17) is 5.73 Å². The normalized spacial score (nSPS) is 12.5. The third-order valence-corrected chi connectivity index (χ3v) is 5.16. The van der Waals surface area contributed by atoms with Crippen molar-refractivity contribution in [2.75, 3.05) is 5.32 Å². The van der Waals surface area contributed by atoms with Gasteiger partial charge in [0.05, 0.1) is 15.8 Å². The van der Waals surface area contributed by atoms with Gasteiger partial charge >= 0.3 is 0 Å². The molecule has 2 aromatic rings. The number of carbonyl (C=O) groups is 2. The number of nitrogens with one attached hydrogen (secondary N) is 1. The minimum Gasteiger partial charge on any atom is -0.325 e. The lowest BCUT2D eigenvalue weighted by Crippen LogP contribution is -2.32. The number of anilines is 1. The number of hydrogen-bond acceptors (Lipinski definition) is 5. The molecule has 0 aromatic heterocycles. The van der Waals surface area contributed by atoms with E-state index in [1.807, 2.05) is 0 Å². The molecule has 0 spiro atoms. The van der Waals surface area contributed by atoms with Crippen molar-refractivity contribution in [1.82, 2.24) is 0 Å². The monoisotopic (exact) mass is 346 g/mol. The van der Waals surface area contributed by atoms with Gasteiger partial charge < -0.3 is 11.1 Å². The number of nitrogens with two attached hydrogens (primary N) is 1. The smallest absolute Gasteiger partial charge is 0.240 e. The van der Waals surface area contributed by atoms with Crippen molar-refractivity contribution in [1.29, 1.82) is 0 Å². The molecule has 126 valence electrons. The van der Waals surface area contributed by atoms with Crippen molar-refractivity contribution in [3.05, 3.63) is 54.1 Å². The molecule has 1 amide bonds. The van der Waals surface area contributed by atoms with E-state index in [-0.39, 0.29) is 15.6 Å². The standard InChI is InChI=1S/C17H18N2O4S/c1-11(18)17(21)19-14-4-3-5-16(10-14)24(22,23)15-8-6-13(7-9-15)12(2)20/h3-11H,18H2,1-2H3,(H,19,21). The molecule has 1 atom stereocenters. The van der Waals surface area contributed by atoms with Gasteiger partial charge in [0, 0.05) is 11.3 Å². The average Bonchev–Trinajstić information content (AvgIpc) is 2.55. The Morgan fingerprint density at radius 1 is 1.04 bits per heavy atom. The fraction of sp³-hybridized carbons (Fsp3) is 0.176. The zero-order valence-corrected chi connectivity index (χ0v) is 14.1. The molecule has 1 unspecified atom stereocenters. The summed E-state index contributed by atoms with van der Waals surface area (Å²) in [5.74, 6) is -0.546. The van der Waals surface area contributed by atoms with Gasteiger partial charge in [-0.25, -0.2) is 8.42 Å². The number of Topliss-reactive ketones (excluding diaryl/α,β-unsaturated/α-hetero) is 1. The highest BCUT2D eigenvalue weighted by Crippen LogP contribution is 2.23. The van der Waals surface area contributed by atoms with Gasteiger partial charge in [-0.15, -0.1) is 0 Å². The van der Waals surface area contributed by atoms with Crippen molar-refractivity contribution in [3.63, 3.8) is 0 Å². The molecule has 6 nitrogen and oxygen atoms in total. The molecule has 3 N–H and O–H groups in total. The molecular weight excluding hydrogens is 328 g/mol. The summed E-state index contributed by atoms with van der Waals surface area (Å²) in [5, 5.41) is 2.56. The van der Waals surface area contributed by atoms with E-state index in [2.05, 4.69) is 5.32 Å². The van der Waals surface area contributed by atoms with Crippen molar-refractivity contribution < 1.29 is 18.0 Å². The maximum atomic E-state index is 12.7. The van der Waals surface area contributed by atoms with Crippen LogP contribution in [-0.2, 0) is 14.6 Å². The van der Waals surface area contributed by atoms with E-state index >= 15 is 0 Å². The highest BCUT2D eigenvalue weighted by atomic mass is 32.2. The Labute approximate surface area is 140 Å². The number of amides is 1. The largest absolute Gasteiger partial charge is 0.325 e. The molecule has 0 aliphatic rings. The molecule has 7 heteroatoms.